The zero-order valence-corrected chi connectivity index (χ0v) is 16.3. The van der Waals surface area contributed by atoms with E-state index < -0.39 is 6.10 Å². The molecule has 0 spiro atoms. The smallest absolute Gasteiger partial charge is 0.217 e. The molecule has 0 unspecified atom stereocenters. The lowest BCUT2D eigenvalue weighted by molar-refractivity contribution is -0.121. The first-order valence-electron chi connectivity index (χ1n) is 8.99. The van der Waals surface area contributed by atoms with E-state index >= 15 is 0 Å². The van der Waals surface area contributed by atoms with Crippen molar-refractivity contribution in [2.24, 2.45) is 11.8 Å². The molecule has 2 N–H and O–H groups in total. The average molecular weight is 383 g/mol. The quantitative estimate of drug-likeness (QED) is 0.815. The van der Waals surface area contributed by atoms with Gasteiger partial charge in [0.2, 0.25) is 5.91 Å². The minimum atomic E-state index is -0.462. The Hall–Kier alpha value is -1.50. The van der Waals surface area contributed by atoms with Crippen LogP contribution in [0.15, 0.2) is 12.1 Å². The van der Waals surface area contributed by atoms with Gasteiger partial charge in [-0.3, -0.25) is 9.69 Å². The van der Waals surface area contributed by atoms with Crippen LogP contribution in [0, 0.1) is 11.8 Å². The molecule has 1 aliphatic heterocycles. The first kappa shape index (κ1) is 19.3. The van der Waals surface area contributed by atoms with Crippen molar-refractivity contribution in [2.75, 3.05) is 27.3 Å². The number of rotatable bonds is 5. The first-order valence-corrected chi connectivity index (χ1v) is 9.37. The Labute approximate surface area is 159 Å². The number of fused-ring (bicyclic) bond motifs is 1. The molecule has 7 heteroatoms. The van der Waals surface area contributed by atoms with E-state index in [4.69, 9.17) is 21.1 Å². The Balaban J connectivity index is 1.66. The average Bonchev–Trinajstić information content (AvgIpc) is 2.95. The van der Waals surface area contributed by atoms with Crippen molar-refractivity contribution in [3.8, 4) is 11.5 Å². The normalized spacial score (nSPS) is 28.5. The summed E-state index contributed by atoms with van der Waals surface area (Å²) in [5.41, 5.74) is 1.07. The predicted molar refractivity (Wildman–Crippen MR) is 99.7 cm³/mol. The van der Waals surface area contributed by atoms with E-state index in [-0.39, 0.29) is 11.9 Å². The summed E-state index contributed by atoms with van der Waals surface area (Å²) >= 11 is 6.31. The van der Waals surface area contributed by atoms with Gasteiger partial charge < -0.3 is 19.9 Å². The van der Waals surface area contributed by atoms with Crippen LogP contribution in [0.3, 0.4) is 0 Å². The van der Waals surface area contributed by atoms with Crippen LogP contribution >= 0.6 is 11.6 Å². The number of carbonyl (C=O) groups excluding carboxylic acids is 1. The largest absolute Gasteiger partial charge is 0.493 e. The number of likely N-dealkylation sites (tertiary alicyclic amines) is 1. The first-order chi connectivity index (χ1) is 12.4. The van der Waals surface area contributed by atoms with Crippen LogP contribution in [0.5, 0.6) is 11.5 Å². The molecule has 6 nitrogen and oxygen atoms in total. The van der Waals surface area contributed by atoms with Crippen molar-refractivity contribution in [3.05, 3.63) is 22.7 Å². The molecule has 1 aromatic carbocycles. The summed E-state index contributed by atoms with van der Waals surface area (Å²) in [6.45, 7) is 4.18. The molecule has 3 rings (SSSR count). The van der Waals surface area contributed by atoms with Gasteiger partial charge in [0, 0.05) is 26.6 Å². The second kappa shape index (κ2) is 8.03. The highest BCUT2D eigenvalue weighted by Gasteiger charge is 2.41. The number of aliphatic hydroxyl groups is 1. The number of ether oxygens (including phenoxy) is 2. The fraction of sp³-hybridized carbons (Fsp3) is 0.632. The maximum absolute atomic E-state index is 11.3. The van der Waals surface area contributed by atoms with Gasteiger partial charge in [-0.25, -0.2) is 0 Å². The van der Waals surface area contributed by atoms with Gasteiger partial charge in [-0.05, 0) is 42.4 Å². The molecule has 26 heavy (non-hydrogen) atoms. The van der Waals surface area contributed by atoms with Crippen molar-refractivity contribution >= 4 is 17.5 Å². The van der Waals surface area contributed by atoms with Gasteiger partial charge in [-0.1, -0.05) is 11.6 Å². The number of benzene rings is 1. The highest BCUT2D eigenvalue weighted by Crippen LogP contribution is 2.39. The van der Waals surface area contributed by atoms with Crippen molar-refractivity contribution < 1.29 is 19.4 Å². The summed E-state index contributed by atoms with van der Waals surface area (Å²) in [5.74, 6) is 2.06. The molecule has 144 valence electrons. The van der Waals surface area contributed by atoms with E-state index in [1.165, 1.54) is 6.92 Å². The summed E-state index contributed by atoms with van der Waals surface area (Å²) < 4.78 is 10.7. The molecule has 1 saturated heterocycles. The molecule has 0 aromatic heterocycles. The molecule has 2 fully saturated rings. The standard InChI is InChI=1S/C19H27ClN2O4/c1-11(23)21-16-6-13-9-22(10-14(13)7-17(16)24)8-12-4-15(20)19(26-3)18(5-12)25-2/h4-5,13-14,16-17,24H,6-10H2,1-3H3,(H,21,23)/t13-,14+,16-,17-/m1/s1. The minimum Gasteiger partial charge on any atom is -0.493 e. The molecule has 1 aliphatic carbocycles. The zero-order valence-electron chi connectivity index (χ0n) is 15.5. The van der Waals surface area contributed by atoms with Crippen molar-refractivity contribution in [2.45, 2.75) is 38.5 Å². The number of hydrogen-bond donors (Lipinski definition) is 2. The number of aliphatic hydroxyl groups excluding tert-OH is 1. The summed E-state index contributed by atoms with van der Waals surface area (Å²) in [7, 11) is 3.18. The van der Waals surface area contributed by atoms with E-state index in [2.05, 4.69) is 10.2 Å². The van der Waals surface area contributed by atoms with Crippen LogP contribution in [0.1, 0.15) is 25.3 Å². The van der Waals surface area contributed by atoms with Crippen LogP contribution in [-0.4, -0.2) is 55.4 Å². The number of methoxy groups -OCH3 is 2. The van der Waals surface area contributed by atoms with Gasteiger partial charge in [0.1, 0.15) is 0 Å². The van der Waals surface area contributed by atoms with Crippen LogP contribution in [-0.2, 0) is 11.3 Å². The summed E-state index contributed by atoms with van der Waals surface area (Å²) in [5, 5.41) is 13.8. The number of nitrogens with zero attached hydrogens (tertiary/aromatic N) is 1. The van der Waals surface area contributed by atoms with Crippen molar-refractivity contribution in [3.63, 3.8) is 0 Å². The van der Waals surface area contributed by atoms with Gasteiger partial charge in [0.25, 0.3) is 0 Å². The lowest BCUT2D eigenvalue weighted by Gasteiger charge is -2.35. The summed E-state index contributed by atoms with van der Waals surface area (Å²) in [6, 6.07) is 3.74. The lowest BCUT2D eigenvalue weighted by atomic mass is 9.77. The van der Waals surface area contributed by atoms with Gasteiger partial charge in [-0.2, -0.15) is 0 Å². The minimum absolute atomic E-state index is 0.0812. The maximum atomic E-state index is 11.3. The van der Waals surface area contributed by atoms with Crippen LogP contribution < -0.4 is 14.8 Å². The maximum Gasteiger partial charge on any atom is 0.217 e. The van der Waals surface area contributed by atoms with Crippen LogP contribution in [0.25, 0.3) is 0 Å². The SMILES string of the molecule is COc1cc(CN2C[C@H]3C[C@@H](NC(C)=O)[C@H](O)C[C@H]3C2)cc(Cl)c1OC. The van der Waals surface area contributed by atoms with E-state index in [1.54, 1.807) is 14.2 Å². The van der Waals surface area contributed by atoms with Crippen LogP contribution in [0.2, 0.25) is 5.02 Å². The number of carbonyl (C=O) groups is 1. The van der Waals surface area contributed by atoms with Gasteiger partial charge in [0.05, 0.1) is 31.4 Å². The number of amides is 1. The predicted octanol–water partition coefficient (Wildman–Crippen LogP) is 2.06. The molecule has 1 aromatic rings. The Morgan fingerprint density at radius 2 is 1.96 bits per heavy atom. The number of hydrogen-bond acceptors (Lipinski definition) is 5. The number of halogens is 1. The third-order valence-corrected chi connectivity index (χ3v) is 5.79. The zero-order chi connectivity index (χ0) is 18.8. The molecule has 0 radical (unpaired) electrons. The molecule has 1 heterocycles. The molecule has 0 bridgehead atoms. The highest BCUT2D eigenvalue weighted by atomic mass is 35.5. The highest BCUT2D eigenvalue weighted by molar-refractivity contribution is 6.32. The molecule has 4 atom stereocenters. The van der Waals surface area contributed by atoms with E-state index in [1.807, 2.05) is 12.1 Å². The van der Waals surface area contributed by atoms with Crippen molar-refractivity contribution in [1.29, 1.82) is 0 Å². The van der Waals surface area contributed by atoms with Crippen molar-refractivity contribution in [1.82, 2.24) is 10.2 Å². The second-order valence-electron chi connectivity index (χ2n) is 7.37. The molecule has 1 amide bonds. The fourth-order valence-electron chi connectivity index (χ4n) is 4.39. The van der Waals surface area contributed by atoms with E-state index in [0.717, 1.165) is 38.0 Å². The van der Waals surface area contributed by atoms with Gasteiger partial charge in [-0.15, -0.1) is 0 Å². The third-order valence-electron chi connectivity index (χ3n) is 5.51. The Bertz CT molecular complexity index is 669. The molecular weight excluding hydrogens is 356 g/mol. The Morgan fingerprint density at radius 3 is 2.58 bits per heavy atom. The van der Waals surface area contributed by atoms with E-state index in [0.29, 0.717) is 28.4 Å². The Morgan fingerprint density at radius 1 is 1.27 bits per heavy atom. The second-order valence-corrected chi connectivity index (χ2v) is 7.78. The topological polar surface area (TPSA) is 71.0 Å². The third kappa shape index (κ3) is 4.08. The summed E-state index contributed by atoms with van der Waals surface area (Å²) in [4.78, 5) is 13.7. The molecule has 2 aliphatic rings. The van der Waals surface area contributed by atoms with Crippen LogP contribution in [0.4, 0.5) is 0 Å². The Kier molecular flexibility index (Phi) is 5.95. The number of nitrogens with one attached hydrogen (secondary N) is 1. The fourth-order valence-corrected chi connectivity index (χ4v) is 4.70. The monoisotopic (exact) mass is 382 g/mol. The van der Waals surface area contributed by atoms with Gasteiger partial charge in [0.15, 0.2) is 11.5 Å². The molecule has 1 saturated carbocycles. The summed E-state index contributed by atoms with van der Waals surface area (Å²) in [6.07, 6.45) is 1.10. The van der Waals surface area contributed by atoms with E-state index in [9.17, 15) is 9.90 Å². The van der Waals surface area contributed by atoms with Gasteiger partial charge >= 0.3 is 0 Å². The lowest BCUT2D eigenvalue weighted by Crippen LogP contribution is -2.48. The molecular formula is C19H27ClN2O4.